The molecule has 0 fully saturated rings. The Morgan fingerprint density at radius 1 is 1.41 bits per heavy atom. The van der Waals surface area contributed by atoms with Crippen molar-refractivity contribution >= 4 is 28.1 Å². The Morgan fingerprint density at radius 2 is 2.12 bits per heavy atom. The van der Waals surface area contributed by atoms with E-state index >= 15 is 0 Å². The van der Waals surface area contributed by atoms with E-state index in [0.717, 1.165) is 11.3 Å². The van der Waals surface area contributed by atoms with Gasteiger partial charge in [-0.15, -0.1) is 0 Å². The summed E-state index contributed by atoms with van der Waals surface area (Å²) < 4.78 is 0. The maximum absolute atomic E-state index is 11.7. The molecule has 2 rings (SSSR count). The van der Waals surface area contributed by atoms with E-state index in [4.69, 9.17) is 11.0 Å². The number of amides is 1. The third-order valence-electron chi connectivity index (χ3n) is 2.02. The fourth-order valence-corrected chi connectivity index (χ4v) is 1.79. The van der Waals surface area contributed by atoms with Crippen LogP contribution in [0.2, 0.25) is 0 Å². The second kappa shape index (κ2) is 4.63. The lowest BCUT2D eigenvalue weighted by Gasteiger charge is -2.02. The smallest absolute Gasteiger partial charge is 0.267 e. The van der Waals surface area contributed by atoms with Crippen LogP contribution in [-0.2, 0) is 0 Å². The van der Waals surface area contributed by atoms with Crippen molar-refractivity contribution in [1.82, 2.24) is 4.98 Å². The first kappa shape index (κ1) is 11.1. The zero-order valence-corrected chi connectivity index (χ0v) is 9.49. The van der Waals surface area contributed by atoms with Gasteiger partial charge in [0.1, 0.15) is 4.88 Å². The molecule has 1 amide bonds. The molecule has 0 bridgehead atoms. The van der Waals surface area contributed by atoms with Crippen molar-refractivity contribution < 1.29 is 4.79 Å². The number of nitrogen functional groups attached to an aromatic ring is 1. The van der Waals surface area contributed by atoms with Crippen LogP contribution >= 0.6 is 11.3 Å². The molecule has 1 aromatic heterocycles. The van der Waals surface area contributed by atoms with Gasteiger partial charge >= 0.3 is 0 Å². The highest BCUT2D eigenvalue weighted by Gasteiger charge is 2.09. The minimum absolute atomic E-state index is 0.260. The van der Waals surface area contributed by atoms with Gasteiger partial charge in [-0.25, -0.2) is 4.98 Å². The largest absolute Gasteiger partial charge is 0.375 e. The molecular weight excluding hydrogens is 236 g/mol. The van der Waals surface area contributed by atoms with Gasteiger partial charge in [0, 0.05) is 5.69 Å². The van der Waals surface area contributed by atoms with Crippen molar-refractivity contribution in [2.45, 2.75) is 0 Å². The number of thiazole rings is 1. The molecule has 3 N–H and O–H groups in total. The minimum atomic E-state index is -0.260. The van der Waals surface area contributed by atoms with Crippen LogP contribution < -0.4 is 11.1 Å². The maximum Gasteiger partial charge on any atom is 0.267 e. The number of carbonyl (C=O) groups is 1. The molecule has 0 saturated carbocycles. The number of hydrogen-bond donors (Lipinski definition) is 2. The number of nitriles is 1. The third kappa shape index (κ3) is 2.59. The first-order chi connectivity index (χ1) is 8.19. The molecule has 0 aliphatic heterocycles. The number of carbonyl (C=O) groups excluding carboxylic acids is 1. The topological polar surface area (TPSA) is 91.8 Å². The molecule has 0 aliphatic rings. The Bertz CT molecular complexity index is 582. The molecule has 2 aromatic rings. The standard InChI is InChI=1S/C11H8N4OS/c12-5-7-1-3-8(4-2-7)15-10(16)9-6-14-11(13)17-9/h1-4,6H,(H2,13,14)(H,15,16). The summed E-state index contributed by atoms with van der Waals surface area (Å²) in [6.45, 7) is 0. The summed E-state index contributed by atoms with van der Waals surface area (Å²) in [6, 6.07) is 8.61. The van der Waals surface area contributed by atoms with E-state index in [1.165, 1.54) is 6.20 Å². The van der Waals surface area contributed by atoms with Crippen LogP contribution in [0, 0.1) is 11.3 Å². The fraction of sp³-hybridized carbons (Fsp3) is 0. The van der Waals surface area contributed by atoms with Gasteiger partial charge < -0.3 is 11.1 Å². The fourth-order valence-electron chi connectivity index (χ4n) is 1.21. The van der Waals surface area contributed by atoms with Gasteiger partial charge in [0.25, 0.3) is 5.91 Å². The molecule has 0 spiro atoms. The molecule has 0 atom stereocenters. The Labute approximate surface area is 102 Å². The summed E-state index contributed by atoms with van der Waals surface area (Å²) in [5, 5.41) is 11.7. The number of nitrogens with zero attached hydrogens (tertiary/aromatic N) is 2. The van der Waals surface area contributed by atoms with Crippen molar-refractivity contribution in [1.29, 1.82) is 5.26 Å². The summed E-state index contributed by atoms with van der Waals surface area (Å²) in [4.78, 5) is 16.0. The van der Waals surface area contributed by atoms with Crippen LogP contribution in [0.5, 0.6) is 0 Å². The SMILES string of the molecule is N#Cc1ccc(NC(=O)c2cnc(N)s2)cc1. The lowest BCUT2D eigenvalue weighted by atomic mass is 10.2. The monoisotopic (exact) mass is 244 g/mol. The van der Waals surface area contributed by atoms with E-state index in [2.05, 4.69) is 10.3 Å². The van der Waals surface area contributed by atoms with Gasteiger partial charge in [0.15, 0.2) is 5.13 Å². The molecule has 1 aromatic carbocycles. The summed E-state index contributed by atoms with van der Waals surface area (Å²) in [5.74, 6) is -0.260. The number of nitrogens with two attached hydrogens (primary N) is 1. The predicted octanol–water partition coefficient (Wildman–Crippen LogP) is 1.85. The average molecular weight is 244 g/mol. The quantitative estimate of drug-likeness (QED) is 0.843. The van der Waals surface area contributed by atoms with E-state index in [1.807, 2.05) is 6.07 Å². The molecule has 0 unspecified atom stereocenters. The zero-order chi connectivity index (χ0) is 12.3. The summed E-state index contributed by atoms with van der Waals surface area (Å²) in [5.41, 5.74) is 6.61. The number of hydrogen-bond acceptors (Lipinski definition) is 5. The van der Waals surface area contributed by atoms with Crippen molar-refractivity contribution in [2.75, 3.05) is 11.1 Å². The Balaban J connectivity index is 2.11. The van der Waals surface area contributed by atoms with Crippen LogP contribution in [0.15, 0.2) is 30.5 Å². The Hall–Kier alpha value is -2.39. The lowest BCUT2D eigenvalue weighted by Crippen LogP contribution is -2.09. The summed E-state index contributed by atoms with van der Waals surface area (Å²) >= 11 is 1.13. The summed E-state index contributed by atoms with van der Waals surface area (Å²) in [7, 11) is 0. The van der Waals surface area contributed by atoms with Crippen molar-refractivity contribution in [3.05, 3.63) is 40.9 Å². The molecule has 0 radical (unpaired) electrons. The first-order valence-electron chi connectivity index (χ1n) is 4.72. The van der Waals surface area contributed by atoms with Crippen LogP contribution in [0.25, 0.3) is 0 Å². The Kier molecular flexibility index (Phi) is 3.03. The summed E-state index contributed by atoms with van der Waals surface area (Å²) in [6.07, 6.45) is 1.43. The first-order valence-corrected chi connectivity index (χ1v) is 5.53. The maximum atomic E-state index is 11.7. The van der Waals surface area contributed by atoms with Crippen molar-refractivity contribution in [3.63, 3.8) is 0 Å². The molecule has 6 heteroatoms. The van der Waals surface area contributed by atoms with E-state index < -0.39 is 0 Å². The lowest BCUT2D eigenvalue weighted by molar-refractivity contribution is 0.103. The second-order valence-electron chi connectivity index (χ2n) is 3.21. The zero-order valence-electron chi connectivity index (χ0n) is 8.68. The Morgan fingerprint density at radius 3 is 2.65 bits per heavy atom. The predicted molar refractivity (Wildman–Crippen MR) is 65.6 cm³/mol. The molecular formula is C11H8N4OS. The average Bonchev–Trinajstić information content (AvgIpc) is 2.77. The van der Waals surface area contributed by atoms with Crippen LogP contribution in [0.1, 0.15) is 15.2 Å². The van der Waals surface area contributed by atoms with Crippen LogP contribution in [0.4, 0.5) is 10.8 Å². The third-order valence-corrected chi connectivity index (χ3v) is 2.84. The van der Waals surface area contributed by atoms with Gasteiger partial charge in [0.2, 0.25) is 0 Å². The molecule has 17 heavy (non-hydrogen) atoms. The number of nitrogens with one attached hydrogen (secondary N) is 1. The van der Waals surface area contributed by atoms with E-state index in [0.29, 0.717) is 21.3 Å². The second-order valence-corrected chi connectivity index (χ2v) is 4.27. The number of anilines is 2. The van der Waals surface area contributed by atoms with Crippen LogP contribution in [0.3, 0.4) is 0 Å². The van der Waals surface area contributed by atoms with Gasteiger partial charge in [-0.3, -0.25) is 4.79 Å². The van der Waals surface area contributed by atoms with Crippen molar-refractivity contribution in [2.24, 2.45) is 0 Å². The number of aromatic nitrogens is 1. The number of benzene rings is 1. The molecule has 5 nitrogen and oxygen atoms in total. The van der Waals surface area contributed by atoms with Crippen molar-refractivity contribution in [3.8, 4) is 6.07 Å². The molecule has 0 aliphatic carbocycles. The van der Waals surface area contributed by atoms with Gasteiger partial charge in [0.05, 0.1) is 17.8 Å². The highest BCUT2D eigenvalue weighted by molar-refractivity contribution is 7.17. The molecule has 84 valence electrons. The normalized spacial score (nSPS) is 9.59. The van der Waals surface area contributed by atoms with E-state index in [9.17, 15) is 4.79 Å². The minimum Gasteiger partial charge on any atom is -0.375 e. The van der Waals surface area contributed by atoms with E-state index in [1.54, 1.807) is 24.3 Å². The van der Waals surface area contributed by atoms with Crippen LogP contribution in [-0.4, -0.2) is 10.9 Å². The molecule has 1 heterocycles. The highest BCUT2D eigenvalue weighted by atomic mass is 32.1. The van der Waals surface area contributed by atoms with Gasteiger partial charge in [-0.2, -0.15) is 5.26 Å². The van der Waals surface area contributed by atoms with Gasteiger partial charge in [-0.1, -0.05) is 11.3 Å². The highest BCUT2D eigenvalue weighted by Crippen LogP contribution is 2.16. The van der Waals surface area contributed by atoms with E-state index in [-0.39, 0.29) is 5.91 Å². The number of rotatable bonds is 2. The molecule has 0 saturated heterocycles. The van der Waals surface area contributed by atoms with Gasteiger partial charge in [-0.05, 0) is 24.3 Å².